The summed E-state index contributed by atoms with van der Waals surface area (Å²) in [7, 11) is 0. The van der Waals surface area contributed by atoms with Crippen LogP contribution < -0.4 is 5.32 Å². The smallest absolute Gasteiger partial charge is 0.243 e. The molecule has 0 spiro atoms. The number of aryl methyl sites for hydroxylation is 1. The van der Waals surface area contributed by atoms with E-state index in [2.05, 4.69) is 27.3 Å². The van der Waals surface area contributed by atoms with Crippen molar-refractivity contribution in [2.45, 2.75) is 32.4 Å². The first-order valence-electron chi connectivity index (χ1n) is 8.35. The third kappa shape index (κ3) is 5.27. The van der Waals surface area contributed by atoms with Crippen LogP contribution in [0.1, 0.15) is 31.6 Å². The number of rotatable bonds is 4. The Balaban J connectivity index is 0.00000156. The molecule has 2 aliphatic heterocycles. The van der Waals surface area contributed by atoms with Gasteiger partial charge in [0.1, 0.15) is 6.04 Å². The van der Waals surface area contributed by atoms with Crippen LogP contribution in [0.25, 0.3) is 0 Å². The monoisotopic (exact) mass is 395 g/mol. The van der Waals surface area contributed by atoms with E-state index in [1.54, 1.807) is 0 Å². The molecular weight excluding hydrogens is 369 g/mol. The quantitative estimate of drug-likeness (QED) is 0.801. The summed E-state index contributed by atoms with van der Waals surface area (Å²) in [6, 6.07) is -0.119. The molecule has 2 saturated heterocycles. The van der Waals surface area contributed by atoms with Crippen LogP contribution in [-0.2, 0) is 16.0 Å². The molecule has 0 aliphatic carbocycles. The second-order valence-electron chi connectivity index (χ2n) is 6.02. The SMILES string of the molecule is CCc1noc(C(C)N2CCN(C(=O)C3COCCN3)CC2)n1.Cl.Cl. The minimum atomic E-state index is -0.198. The molecule has 0 saturated carbocycles. The van der Waals surface area contributed by atoms with Crippen LogP contribution in [0.15, 0.2) is 4.52 Å². The van der Waals surface area contributed by atoms with Crippen molar-refractivity contribution in [1.29, 1.82) is 0 Å². The van der Waals surface area contributed by atoms with Crippen LogP contribution in [0.4, 0.5) is 0 Å². The molecule has 144 valence electrons. The summed E-state index contributed by atoms with van der Waals surface area (Å²) in [5.74, 6) is 1.54. The van der Waals surface area contributed by atoms with Gasteiger partial charge in [-0.15, -0.1) is 24.8 Å². The number of nitrogens with zero attached hydrogens (tertiary/aromatic N) is 4. The summed E-state index contributed by atoms with van der Waals surface area (Å²) in [6.45, 7) is 9.02. The fourth-order valence-corrected chi connectivity index (χ4v) is 3.01. The van der Waals surface area contributed by atoms with Crippen molar-refractivity contribution >= 4 is 30.7 Å². The molecular formula is C15H27Cl2N5O3. The molecule has 1 aromatic heterocycles. The van der Waals surface area contributed by atoms with Gasteiger partial charge in [-0.1, -0.05) is 12.1 Å². The number of aromatic nitrogens is 2. The number of morpholine rings is 1. The van der Waals surface area contributed by atoms with Gasteiger partial charge in [-0.3, -0.25) is 9.69 Å². The van der Waals surface area contributed by atoms with Crippen LogP contribution >= 0.6 is 24.8 Å². The highest BCUT2D eigenvalue weighted by atomic mass is 35.5. The van der Waals surface area contributed by atoms with Gasteiger partial charge in [0, 0.05) is 39.1 Å². The molecule has 2 aliphatic rings. The van der Waals surface area contributed by atoms with Crippen molar-refractivity contribution in [2.75, 3.05) is 45.9 Å². The van der Waals surface area contributed by atoms with E-state index in [4.69, 9.17) is 9.26 Å². The lowest BCUT2D eigenvalue weighted by Crippen LogP contribution is -2.57. The van der Waals surface area contributed by atoms with E-state index >= 15 is 0 Å². The first-order chi connectivity index (χ1) is 11.2. The largest absolute Gasteiger partial charge is 0.378 e. The van der Waals surface area contributed by atoms with Crippen LogP contribution in [0.5, 0.6) is 0 Å². The van der Waals surface area contributed by atoms with Gasteiger partial charge in [-0.25, -0.2) is 0 Å². The maximum absolute atomic E-state index is 12.5. The zero-order valence-electron chi connectivity index (χ0n) is 14.6. The molecule has 2 atom stereocenters. The summed E-state index contributed by atoms with van der Waals surface area (Å²) in [4.78, 5) is 21.1. The lowest BCUT2D eigenvalue weighted by atomic mass is 10.2. The fourth-order valence-electron chi connectivity index (χ4n) is 3.01. The van der Waals surface area contributed by atoms with Crippen LogP contribution in [0, 0.1) is 0 Å². The first-order valence-corrected chi connectivity index (χ1v) is 8.35. The van der Waals surface area contributed by atoms with Crippen molar-refractivity contribution in [1.82, 2.24) is 25.3 Å². The number of ether oxygens (including phenoxy) is 1. The highest BCUT2D eigenvalue weighted by Crippen LogP contribution is 2.20. The number of nitrogens with one attached hydrogen (secondary N) is 1. The molecule has 1 amide bonds. The van der Waals surface area contributed by atoms with Crippen LogP contribution in [-0.4, -0.2) is 77.8 Å². The van der Waals surface area contributed by atoms with E-state index in [0.29, 0.717) is 19.1 Å². The normalized spacial score (nSPS) is 22.6. The summed E-state index contributed by atoms with van der Waals surface area (Å²) < 4.78 is 10.7. The Morgan fingerprint density at radius 1 is 1.32 bits per heavy atom. The molecule has 2 fully saturated rings. The van der Waals surface area contributed by atoms with Gasteiger partial charge in [0.05, 0.1) is 19.3 Å². The summed E-state index contributed by atoms with van der Waals surface area (Å²) in [6.07, 6.45) is 0.773. The maximum Gasteiger partial charge on any atom is 0.243 e. The second-order valence-corrected chi connectivity index (χ2v) is 6.02. The van der Waals surface area contributed by atoms with Crippen LogP contribution in [0.3, 0.4) is 0 Å². The number of hydrogen-bond donors (Lipinski definition) is 1. The Morgan fingerprint density at radius 2 is 2.04 bits per heavy atom. The van der Waals surface area contributed by atoms with E-state index in [9.17, 15) is 4.79 Å². The van der Waals surface area contributed by atoms with Gasteiger partial charge in [0.2, 0.25) is 11.8 Å². The highest BCUT2D eigenvalue weighted by molar-refractivity contribution is 5.85. The van der Waals surface area contributed by atoms with E-state index < -0.39 is 0 Å². The predicted octanol–water partition coefficient (Wildman–Crippen LogP) is 0.669. The van der Waals surface area contributed by atoms with Crippen LogP contribution in [0.2, 0.25) is 0 Å². The Kier molecular flexibility index (Phi) is 9.09. The molecule has 0 bridgehead atoms. The highest BCUT2D eigenvalue weighted by Gasteiger charge is 2.31. The van der Waals surface area contributed by atoms with E-state index in [-0.39, 0.29) is 42.8 Å². The fraction of sp³-hybridized carbons (Fsp3) is 0.800. The lowest BCUT2D eigenvalue weighted by molar-refractivity contribution is -0.138. The van der Waals surface area contributed by atoms with Gasteiger partial charge >= 0.3 is 0 Å². The predicted molar refractivity (Wildman–Crippen MR) is 97.3 cm³/mol. The van der Waals surface area contributed by atoms with Gasteiger partial charge in [0.15, 0.2) is 5.82 Å². The van der Waals surface area contributed by atoms with Gasteiger partial charge in [-0.2, -0.15) is 4.98 Å². The number of carbonyl (C=O) groups excluding carboxylic acids is 1. The maximum atomic E-state index is 12.5. The Morgan fingerprint density at radius 3 is 2.60 bits per heavy atom. The number of carbonyl (C=O) groups is 1. The number of amides is 1. The minimum absolute atomic E-state index is 0. The summed E-state index contributed by atoms with van der Waals surface area (Å²) in [5, 5.41) is 7.18. The molecule has 25 heavy (non-hydrogen) atoms. The average molecular weight is 396 g/mol. The van der Waals surface area contributed by atoms with Gasteiger partial charge < -0.3 is 19.5 Å². The Bertz CT molecular complexity index is 531. The molecule has 1 aromatic rings. The molecule has 8 nitrogen and oxygen atoms in total. The molecule has 3 heterocycles. The first kappa shape index (κ1) is 22.1. The standard InChI is InChI=1S/C15H25N5O3.2ClH/c1-3-13-17-14(23-18-13)11(2)19-5-7-20(8-6-19)15(21)12-10-22-9-4-16-12;;/h11-12,16H,3-10H2,1-2H3;2*1H. The van der Waals surface area contributed by atoms with Crippen molar-refractivity contribution < 1.29 is 14.1 Å². The second kappa shape index (κ2) is 10.3. The van der Waals surface area contributed by atoms with Crippen molar-refractivity contribution in [3.63, 3.8) is 0 Å². The molecule has 1 N–H and O–H groups in total. The molecule has 3 rings (SSSR count). The lowest BCUT2D eigenvalue weighted by Gasteiger charge is -2.38. The Labute approximate surface area is 160 Å². The van der Waals surface area contributed by atoms with E-state index in [0.717, 1.165) is 45.0 Å². The number of piperazine rings is 1. The zero-order valence-corrected chi connectivity index (χ0v) is 16.3. The van der Waals surface area contributed by atoms with Crippen molar-refractivity contribution in [2.24, 2.45) is 0 Å². The molecule has 0 radical (unpaired) electrons. The molecule has 10 heteroatoms. The van der Waals surface area contributed by atoms with Crippen molar-refractivity contribution in [3.8, 4) is 0 Å². The third-order valence-corrected chi connectivity index (χ3v) is 4.55. The van der Waals surface area contributed by atoms with E-state index in [1.165, 1.54) is 0 Å². The van der Waals surface area contributed by atoms with Gasteiger partial charge in [0.25, 0.3) is 0 Å². The van der Waals surface area contributed by atoms with Gasteiger partial charge in [-0.05, 0) is 6.92 Å². The summed E-state index contributed by atoms with van der Waals surface area (Å²) in [5.41, 5.74) is 0. The number of hydrogen-bond acceptors (Lipinski definition) is 7. The number of halogens is 2. The third-order valence-electron chi connectivity index (χ3n) is 4.55. The molecule has 0 aromatic carbocycles. The molecule has 2 unspecified atom stereocenters. The van der Waals surface area contributed by atoms with Crippen molar-refractivity contribution in [3.05, 3.63) is 11.7 Å². The Hall–Kier alpha value is -0.930. The zero-order chi connectivity index (χ0) is 16.2. The average Bonchev–Trinajstić information content (AvgIpc) is 3.10. The summed E-state index contributed by atoms with van der Waals surface area (Å²) >= 11 is 0. The minimum Gasteiger partial charge on any atom is -0.378 e. The van der Waals surface area contributed by atoms with E-state index in [1.807, 2.05) is 11.8 Å². The topological polar surface area (TPSA) is 83.7 Å².